The molecule has 9 rings (SSSR count). The number of esters is 1. The van der Waals surface area contributed by atoms with E-state index in [9.17, 15) is 4.79 Å². The Morgan fingerprint density at radius 1 is 0.600 bits per heavy atom. The molecule has 25 heavy (non-hydrogen) atoms. The Bertz CT molecular complexity index is 563. The van der Waals surface area contributed by atoms with Crippen LogP contribution in [0.5, 0.6) is 0 Å². The van der Waals surface area contributed by atoms with Gasteiger partial charge in [0.2, 0.25) is 0 Å². The molecule has 2 nitrogen and oxygen atoms in total. The molecule has 0 N–H and O–H groups in total. The Balaban J connectivity index is 1.25. The van der Waals surface area contributed by atoms with Crippen LogP contribution in [0.1, 0.15) is 77.0 Å². The fourth-order valence-electron chi connectivity index (χ4n) is 10.5. The van der Waals surface area contributed by atoms with Crippen molar-refractivity contribution in [2.75, 3.05) is 0 Å². The predicted octanol–water partition coefficient (Wildman–Crippen LogP) is 4.96. The molecular weight excluding hydrogens is 308 g/mol. The summed E-state index contributed by atoms with van der Waals surface area (Å²) in [5.41, 5.74) is 0.759. The maximum Gasteiger partial charge on any atom is 0.313 e. The van der Waals surface area contributed by atoms with E-state index in [1.807, 2.05) is 0 Å². The van der Waals surface area contributed by atoms with Crippen LogP contribution in [0.2, 0.25) is 0 Å². The second-order valence-corrected chi connectivity index (χ2v) is 11.9. The van der Waals surface area contributed by atoms with Crippen LogP contribution in [-0.2, 0) is 9.53 Å². The average molecular weight is 341 g/mol. The number of carbonyl (C=O) groups excluding carboxylic acids is 1. The van der Waals surface area contributed by atoms with E-state index in [1.165, 1.54) is 77.0 Å². The molecule has 1 aliphatic heterocycles. The summed E-state index contributed by atoms with van der Waals surface area (Å²) >= 11 is 0. The lowest BCUT2D eigenvalue weighted by Crippen LogP contribution is -2.67. The molecule has 0 unspecified atom stereocenters. The number of carbonyl (C=O) groups is 1. The van der Waals surface area contributed by atoms with E-state index >= 15 is 0 Å². The van der Waals surface area contributed by atoms with Gasteiger partial charge in [0.1, 0.15) is 6.10 Å². The SMILES string of the molecule is O=C1O[C@@H](C23CC4CC(CC(C4)C2)C3)[C@@H]1C12CC3CC(CC(C3)C1)C2. The number of hydrogen-bond acceptors (Lipinski definition) is 2. The highest BCUT2D eigenvalue weighted by atomic mass is 16.6. The summed E-state index contributed by atoms with van der Waals surface area (Å²) < 4.78 is 6.09. The molecule has 9 fully saturated rings. The maximum absolute atomic E-state index is 12.8. The van der Waals surface area contributed by atoms with E-state index in [0.29, 0.717) is 16.9 Å². The average Bonchev–Trinajstić information content (AvgIpc) is 2.49. The minimum Gasteiger partial charge on any atom is -0.461 e. The second-order valence-electron chi connectivity index (χ2n) is 11.9. The van der Waals surface area contributed by atoms with Crippen molar-refractivity contribution >= 4 is 5.97 Å². The third-order valence-electron chi connectivity index (χ3n) is 10.2. The molecule has 2 atom stereocenters. The third-order valence-corrected chi connectivity index (χ3v) is 10.2. The van der Waals surface area contributed by atoms with Crippen molar-refractivity contribution in [2.45, 2.75) is 83.2 Å². The third kappa shape index (κ3) is 1.80. The molecular formula is C23H32O2. The van der Waals surface area contributed by atoms with Crippen LogP contribution in [-0.4, -0.2) is 12.1 Å². The van der Waals surface area contributed by atoms with Gasteiger partial charge < -0.3 is 4.74 Å². The Hall–Kier alpha value is -0.530. The van der Waals surface area contributed by atoms with E-state index in [0.717, 1.165) is 35.5 Å². The summed E-state index contributed by atoms with van der Waals surface area (Å²) in [6.45, 7) is 0. The molecule has 0 radical (unpaired) electrons. The molecule has 0 aromatic carbocycles. The summed E-state index contributed by atoms with van der Waals surface area (Å²) in [6, 6.07) is 0. The topological polar surface area (TPSA) is 26.3 Å². The quantitative estimate of drug-likeness (QED) is 0.664. The molecule has 1 heterocycles. The summed E-state index contributed by atoms with van der Waals surface area (Å²) in [7, 11) is 0. The van der Waals surface area contributed by atoms with Crippen molar-refractivity contribution in [2.24, 2.45) is 52.3 Å². The van der Waals surface area contributed by atoms with Crippen LogP contribution < -0.4 is 0 Å². The van der Waals surface area contributed by atoms with Gasteiger partial charge in [-0.2, -0.15) is 0 Å². The molecule has 8 saturated carbocycles. The Morgan fingerprint density at radius 3 is 1.32 bits per heavy atom. The summed E-state index contributed by atoms with van der Waals surface area (Å²) in [5.74, 6) is 6.21. The first-order valence-corrected chi connectivity index (χ1v) is 11.3. The lowest BCUT2D eigenvalue weighted by atomic mass is 9.41. The Labute approximate surface area is 151 Å². The minimum atomic E-state index is 0.211. The normalized spacial score (nSPS) is 63.6. The van der Waals surface area contributed by atoms with E-state index < -0.39 is 0 Å². The molecule has 136 valence electrons. The van der Waals surface area contributed by atoms with Crippen molar-refractivity contribution < 1.29 is 9.53 Å². The van der Waals surface area contributed by atoms with E-state index in [2.05, 4.69) is 0 Å². The van der Waals surface area contributed by atoms with Gasteiger partial charge in [0.05, 0.1) is 5.92 Å². The van der Waals surface area contributed by atoms with Crippen LogP contribution in [0, 0.1) is 52.3 Å². The lowest BCUT2D eigenvalue weighted by Gasteiger charge is -2.66. The monoisotopic (exact) mass is 340 g/mol. The van der Waals surface area contributed by atoms with Gasteiger partial charge in [-0.3, -0.25) is 4.79 Å². The number of hydrogen-bond donors (Lipinski definition) is 0. The highest BCUT2D eigenvalue weighted by molar-refractivity contribution is 5.80. The molecule has 0 amide bonds. The molecule has 0 spiro atoms. The van der Waals surface area contributed by atoms with Crippen LogP contribution in [0.25, 0.3) is 0 Å². The van der Waals surface area contributed by atoms with Crippen LogP contribution in [0.3, 0.4) is 0 Å². The van der Waals surface area contributed by atoms with Crippen molar-refractivity contribution in [3.63, 3.8) is 0 Å². The molecule has 0 aromatic heterocycles. The van der Waals surface area contributed by atoms with Gasteiger partial charge >= 0.3 is 5.97 Å². The largest absolute Gasteiger partial charge is 0.461 e. The van der Waals surface area contributed by atoms with Gasteiger partial charge in [0.25, 0.3) is 0 Å². The van der Waals surface area contributed by atoms with Gasteiger partial charge in [-0.1, -0.05) is 0 Å². The van der Waals surface area contributed by atoms with Gasteiger partial charge in [-0.25, -0.2) is 0 Å². The smallest absolute Gasteiger partial charge is 0.313 e. The van der Waals surface area contributed by atoms with Crippen molar-refractivity contribution in [3.05, 3.63) is 0 Å². The molecule has 8 aliphatic carbocycles. The van der Waals surface area contributed by atoms with Crippen LogP contribution >= 0.6 is 0 Å². The van der Waals surface area contributed by atoms with Crippen molar-refractivity contribution in [3.8, 4) is 0 Å². The highest BCUT2D eigenvalue weighted by Crippen LogP contribution is 2.70. The Kier molecular flexibility index (Phi) is 2.60. The van der Waals surface area contributed by atoms with Gasteiger partial charge in [-0.05, 0) is 118 Å². The maximum atomic E-state index is 12.8. The first-order valence-electron chi connectivity index (χ1n) is 11.3. The fraction of sp³-hybridized carbons (Fsp3) is 0.957. The molecule has 8 bridgehead atoms. The first kappa shape index (κ1) is 14.5. The first-order chi connectivity index (χ1) is 12.1. The van der Waals surface area contributed by atoms with Gasteiger partial charge in [0.15, 0.2) is 0 Å². The highest BCUT2D eigenvalue weighted by Gasteiger charge is 2.68. The zero-order valence-corrected chi connectivity index (χ0v) is 15.4. The standard InChI is InChI=1S/C23H32O2/c24-21-19(22-7-13-1-14(8-22)3-15(2-13)9-22)20(25-21)23-10-16-4-17(11-23)6-18(5-16)12-23/h13-20H,1-12H2/t13?,14?,15?,16?,17?,18?,19-,20+,22?,23?/m0/s1. The van der Waals surface area contributed by atoms with E-state index in [1.54, 1.807) is 0 Å². The van der Waals surface area contributed by atoms with Crippen molar-refractivity contribution in [1.29, 1.82) is 0 Å². The number of rotatable bonds is 2. The molecule has 1 saturated heterocycles. The summed E-state index contributed by atoms with van der Waals surface area (Å²) in [6.07, 6.45) is 17.5. The van der Waals surface area contributed by atoms with Crippen LogP contribution in [0.4, 0.5) is 0 Å². The summed E-state index contributed by atoms with van der Waals surface area (Å²) in [5, 5.41) is 0. The van der Waals surface area contributed by atoms with Gasteiger partial charge in [0, 0.05) is 5.41 Å². The number of cyclic esters (lactones) is 1. The molecule has 0 aromatic rings. The van der Waals surface area contributed by atoms with Crippen molar-refractivity contribution in [1.82, 2.24) is 0 Å². The van der Waals surface area contributed by atoms with E-state index in [4.69, 9.17) is 4.74 Å². The minimum absolute atomic E-state index is 0.211. The predicted molar refractivity (Wildman–Crippen MR) is 94.6 cm³/mol. The lowest BCUT2D eigenvalue weighted by molar-refractivity contribution is -0.255. The Morgan fingerprint density at radius 2 is 0.960 bits per heavy atom. The second kappa shape index (κ2) is 4.47. The van der Waals surface area contributed by atoms with E-state index in [-0.39, 0.29) is 11.9 Å². The van der Waals surface area contributed by atoms with Crippen LogP contribution in [0.15, 0.2) is 0 Å². The number of ether oxygens (including phenoxy) is 1. The zero-order chi connectivity index (χ0) is 16.4. The fourth-order valence-corrected chi connectivity index (χ4v) is 10.5. The molecule has 2 heteroatoms. The molecule has 9 aliphatic rings. The summed E-state index contributed by atoms with van der Waals surface area (Å²) in [4.78, 5) is 12.8. The zero-order valence-electron chi connectivity index (χ0n) is 15.4. The van der Waals surface area contributed by atoms with Gasteiger partial charge in [-0.15, -0.1) is 0 Å².